The molecule has 0 bridgehead atoms. The van der Waals surface area contributed by atoms with E-state index in [1.807, 2.05) is 0 Å². The van der Waals surface area contributed by atoms with E-state index in [1.54, 1.807) is 54.6 Å². The highest BCUT2D eigenvalue weighted by atomic mass is 19.1. The number of allylic oxidation sites excluding steroid dienone is 1. The Labute approximate surface area is 161 Å². The first-order valence-corrected chi connectivity index (χ1v) is 8.40. The second-order valence-electron chi connectivity index (χ2n) is 5.93. The Balaban J connectivity index is 1.75. The first kappa shape index (κ1) is 18.8. The minimum Gasteiger partial charge on any atom is -0.489 e. The molecule has 0 spiro atoms. The zero-order valence-electron chi connectivity index (χ0n) is 14.7. The fourth-order valence-corrected chi connectivity index (χ4v) is 2.57. The van der Waals surface area contributed by atoms with Gasteiger partial charge in [0.05, 0.1) is 16.6 Å². The summed E-state index contributed by atoms with van der Waals surface area (Å²) < 4.78 is 19.2. The number of nitro groups is 1. The lowest BCUT2D eigenvalue weighted by atomic mass is 10.0. The van der Waals surface area contributed by atoms with E-state index in [9.17, 15) is 19.8 Å². The highest BCUT2D eigenvalue weighted by molar-refractivity contribution is 5.90. The number of halogens is 1. The van der Waals surface area contributed by atoms with Crippen LogP contribution in [0, 0.1) is 27.3 Å². The molecule has 0 heterocycles. The van der Waals surface area contributed by atoms with Gasteiger partial charge in [0.25, 0.3) is 5.69 Å². The van der Waals surface area contributed by atoms with Gasteiger partial charge in [-0.15, -0.1) is 0 Å². The van der Waals surface area contributed by atoms with Crippen molar-refractivity contribution in [2.24, 2.45) is 0 Å². The maximum absolute atomic E-state index is 13.6. The summed E-state index contributed by atoms with van der Waals surface area (Å²) in [6.45, 7) is 0.110. The van der Waals surface area contributed by atoms with E-state index in [0.29, 0.717) is 22.4 Å². The maximum Gasteiger partial charge on any atom is 0.270 e. The number of non-ortho nitro benzene ring substituents is 1. The Bertz CT molecular complexity index is 1070. The summed E-state index contributed by atoms with van der Waals surface area (Å²) in [6, 6.07) is 21.3. The normalized spacial score (nSPS) is 10.9. The molecule has 0 fully saturated rings. The van der Waals surface area contributed by atoms with Gasteiger partial charge in [-0.1, -0.05) is 42.5 Å². The number of nitrogens with zero attached hydrogens (tertiary/aromatic N) is 2. The molecule has 6 heteroatoms. The molecule has 0 aromatic heterocycles. The Kier molecular flexibility index (Phi) is 5.78. The first-order valence-electron chi connectivity index (χ1n) is 8.40. The highest BCUT2D eigenvalue weighted by Gasteiger charge is 2.09. The molecular formula is C22H15FN2O3. The van der Waals surface area contributed by atoms with Crippen LogP contribution < -0.4 is 4.74 Å². The summed E-state index contributed by atoms with van der Waals surface area (Å²) in [4.78, 5) is 10.4. The Hall–Kier alpha value is -3.98. The monoisotopic (exact) mass is 374 g/mol. The largest absolute Gasteiger partial charge is 0.489 e. The van der Waals surface area contributed by atoms with Crippen LogP contribution in [0.2, 0.25) is 0 Å². The SMILES string of the molecule is N#CC(=Cc1ccc(OCc2ccccc2F)cc1)c1cccc([N+](=O)[O-])c1. The summed E-state index contributed by atoms with van der Waals surface area (Å²) in [5.74, 6) is 0.243. The van der Waals surface area contributed by atoms with Crippen molar-refractivity contribution in [1.82, 2.24) is 0 Å². The van der Waals surface area contributed by atoms with Crippen LogP contribution in [0.1, 0.15) is 16.7 Å². The smallest absolute Gasteiger partial charge is 0.270 e. The Morgan fingerprint density at radius 1 is 1.11 bits per heavy atom. The van der Waals surface area contributed by atoms with Gasteiger partial charge in [-0.05, 0) is 35.4 Å². The maximum atomic E-state index is 13.6. The number of hydrogen-bond acceptors (Lipinski definition) is 4. The third kappa shape index (κ3) is 4.59. The van der Waals surface area contributed by atoms with E-state index in [-0.39, 0.29) is 18.1 Å². The summed E-state index contributed by atoms with van der Waals surface area (Å²) in [5.41, 5.74) is 1.90. The van der Waals surface area contributed by atoms with E-state index < -0.39 is 4.92 Å². The van der Waals surface area contributed by atoms with Crippen molar-refractivity contribution in [3.8, 4) is 11.8 Å². The minimum atomic E-state index is -0.500. The molecule has 3 rings (SSSR count). The molecule has 0 aliphatic carbocycles. The Morgan fingerprint density at radius 3 is 2.54 bits per heavy atom. The van der Waals surface area contributed by atoms with E-state index in [1.165, 1.54) is 24.3 Å². The molecule has 0 N–H and O–H groups in total. The molecule has 0 radical (unpaired) electrons. The van der Waals surface area contributed by atoms with Gasteiger partial charge in [0.15, 0.2) is 0 Å². The number of rotatable bonds is 6. The fourth-order valence-electron chi connectivity index (χ4n) is 2.57. The molecule has 5 nitrogen and oxygen atoms in total. The summed E-state index contributed by atoms with van der Waals surface area (Å²) >= 11 is 0. The van der Waals surface area contributed by atoms with Crippen LogP contribution in [-0.4, -0.2) is 4.92 Å². The Morgan fingerprint density at radius 2 is 1.86 bits per heavy atom. The van der Waals surface area contributed by atoms with E-state index in [4.69, 9.17) is 4.74 Å². The molecule has 28 heavy (non-hydrogen) atoms. The summed E-state index contributed by atoms with van der Waals surface area (Å²) in [7, 11) is 0. The predicted octanol–water partition coefficient (Wildman–Crippen LogP) is 5.38. The van der Waals surface area contributed by atoms with Gasteiger partial charge in [0.2, 0.25) is 0 Å². The first-order chi connectivity index (χ1) is 13.6. The molecular weight excluding hydrogens is 359 g/mol. The molecule has 0 unspecified atom stereocenters. The van der Waals surface area contributed by atoms with Crippen molar-refractivity contribution in [1.29, 1.82) is 5.26 Å². The van der Waals surface area contributed by atoms with E-state index >= 15 is 0 Å². The third-order valence-electron chi connectivity index (χ3n) is 4.03. The van der Waals surface area contributed by atoms with Crippen molar-refractivity contribution in [3.05, 3.63) is 105 Å². The zero-order valence-corrected chi connectivity index (χ0v) is 14.7. The second-order valence-corrected chi connectivity index (χ2v) is 5.93. The minimum absolute atomic E-state index is 0.0736. The van der Waals surface area contributed by atoms with Crippen LogP contribution in [0.3, 0.4) is 0 Å². The van der Waals surface area contributed by atoms with Gasteiger partial charge < -0.3 is 4.74 Å². The van der Waals surface area contributed by atoms with Gasteiger partial charge in [0, 0.05) is 17.7 Å². The molecule has 0 aliphatic rings. The summed E-state index contributed by atoms with van der Waals surface area (Å²) in [5, 5.41) is 20.3. The van der Waals surface area contributed by atoms with Crippen molar-refractivity contribution in [2.75, 3.05) is 0 Å². The van der Waals surface area contributed by atoms with Gasteiger partial charge in [-0.2, -0.15) is 5.26 Å². The lowest BCUT2D eigenvalue weighted by molar-refractivity contribution is -0.384. The van der Waals surface area contributed by atoms with Gasteiger partial charge >= 0.3 is 0 Å². The molecule has 0 amide bonds. The highest BCUT2D eigenvalue weighted by Crippen LogP contribution is 2.23. The number of hydrogen-bond donors (Lipinski definition) is 0. The summed E-state index contributed by atoms with van der Waals surface area (Å²) in [6.07, 6.45) is 1.64. The molecule has 3 aromatic carbocycles. The van der Waals surface area contributed by atoms with Crippen LogP contribution in [0.4, 0.5) is 10.1 Å². The number of nitro benzene ring substituents is 1. The van der Waals surface area contributed by atoms with Crippen LogP contribution in [0.5, 0.6) is 5.75 Å². The van der Waals surface area contributed by atoms with Crippen molar-refractivity contribution in [3.63, 3.8) is 0 Å². The number of ether oxygens (including phenoxy) is 1. The van der Waals surface area contributed by atoms with Gasteiger partial charge in [0.1, 0.15) is 18.2 Å². The van der Waals surface area contributed by atoms with Crippen LogP contribution >= 0.6 is 0 Å². The van der Waals surface area contributed by atoms with E-state index in [2.05, 4.69) is 6.07 Å². The number of nitriles is 1. The lowest BCUT2D eigenvalue weighted by Crippen LogP contribution is -1.98. The molecule has 0 aliphatic heterocycles. The topological polar surface area (TPSA) is 76.2 Å². The second kappa shape index (κ2) is 8.60. The molecule has 0 atom stereocenters. The number of benzene rings is 3. The predicted molar refractivity (Wildman–Crippen MR) is 104 cm³/mol. The van der Waals surface area contributed by atoms with Crippen molar-refractivity contribution in [2.45, 2.75) is 6.61 Å². The van der Waals surface area contributed by atoms with Gasteiger partial charge in [-0.25, -0.2) is 4.39 Å². The lowest BCUT2D eigenvalue weighted by Gasteiger charge is -2.07. The van der Waals surface area contributed by atoms with Gasteiger partial charge in [-0.3, -0.25) is 10.1 Å². The van der Waals surface area contributed by atoms with Crippen LogP contribution in [0.25, 0.3) is 11.6 Å². The molecule has 138 valence electrons. The average molecular weight is 374 g/mol. The third-order valence-corrected chi connectivity index (χ3v) is 4.03. The average Bonchev–Trinajstić information content (AvgIpc) is 2.72. The van der Waals surface area contributed by atoms with Crippen molar-refractivity contribution >= 4 is 17.3 Å². The molecule has 3 aromatic rings. The quantitative estimate of drug-likeness (QED) is 0.251. The molecule has 0 saturated heterocycles. The fraction of sp³-hybridized carbons (Fsp3) is 0.0455. The standard InChI is InChI=1S/C22H15FN2O3/c23-22-7-2-1-4-18(22)15-28-21-10-8-16(9-11-21)12-19(14-24)17-5-3-6-20(13-17)25(26)27/h1-13H,15H2. The van der Waals surface area contributed by atoms with Crippen LogP contribution in [-0.2, 0) is 6.61 Å². The van der Waals surface area contributed by atoms with E-state index in [0.717, 1.165) is 5.56 Å². The zero-order chi connectivity index (χ0) is 19.9. The van der Waals surface area contributed by atoms with Crippen LogP contribution in [0.15, 0.2) is 72.8 Å². The molecule has 0 saturated carbocycles. The van der Waals surface area contributed by atoms with Crippen molar-refractivity contribution < 1.29 is 14.1 Å².